The largest absolute Gasteiger partial charge is 0.444 e. The van der Waals surface area contributed by atoms with Crippen LogP contribution >= 0.6 is 0 Å². The van der Waals surface area contributed by atoms with Gasteiger partial charge < -0.3 is 20.7 Å². The molecule has 3 aliphatic rings. The Bertz CT molecular complexity index is 301. The molecule has 2 heterocycles. The van der Waals surface area contributed by atoms with E-state index in [4.69, 9.17) is 10.5 Å². The van der Waals surface area contributed by atoms with Gasteiger partial charge in [0.15, 0.2) is 0 Å². The van der Waals surface area contributed by atoms with Crippen molar-refractivity contribution in [2.75, 3.05) is 19.6 Å². The predicted octanol–water partition coefficient (Wildman–Crippen LogP) is 0.543. The zero-order valence-electron chi connectivity index (χ0n) is 10.9. The first-order valence-electron chi connectivity index (χ1n) is 6.35. The van der Waals surface area contributed by atoms with Crippen molar-refractivity contribution in [2.45, 2.75) is 44.9 Å². The minimum atomic E-state index is -0.412. The van der Waals surface area contributed by atoms with Crippen LogP contribution in [-0.4, -0.2) is 48.3 Å². The molecule has 5 heteroatoms. The lowest BCUT2D eigenvalue weighted by Gasteiger charge is -2.37. The molecule has 3 rings (SSSR count). The minimum Gasteiger partial charge on any atom is -0.444 e. The highest BCUT2D eigenvalue weighted by Crippen LogP contribution is 2.41. The van der Waals surface area contributed by atoms with Crippen LogP contribution in [-0.2, 0) is 4.74 Å². The highest BCUT2D eigenvalue weighted by atomic mass is 16.6. The number of nitrogens with two attached hydrogens (primary N) is 1. The molecule has 3 unspecified atom stereocenters. The maximum Gasteiger partial charge on any atom is 0.410 e. The van der Waals surface area contributed by atoms with Gasteiger partial charge in [-0.1, -0.05) is 0 Å². The van der Waals surface area contributed by atoms with Crippen LogP contribution in [0, 0.1) is 5.92 Å². The highest BCUT2D eigenvalue weighted by Gasteiger charge is 2.54. The molecule has 0 aromatic heterocycles. The quantitative estimate of drug-likeness (QED) is 0.757. The van der Waals surface area contributed by atoms with Crippen LogP contribution in [0.2, 0.25) is 0 Å². The lowest BCUT2D eigenvalue weighted by atomic mass is 9.80. The first-order chi connectivity index (χ1) is 7.92. The fourth-order valence-electron chi connectivity index (χ4n) is 2.70. The Hall–Kier alpha value is -0.810. The van der Waals surface area contributed by atoms with Gasteiger partial charge in [-0.2, -0.15) is 0 Å². The fourth-order valence-corrected chi connectivity index (χ4v) is 2.70. The van der Waals surface area contributed by atoms with E-state index in [2.05, 4.69) is 5.32 Å². The third kappa shape index (κ3) is 2.55. The van der Waals surface area contributed by atoms with E-state index in [0.29, 0.717) is 24.5 Å². The van der Waals surface area contributed by atoms with E-state index in [1.165, 1.54) is 0 Å². The highest BCUT2D eigenvalue weighted by molar-refractivity contribution is 5.70. The molecule has 0 radical (unpaired) electrons. The van der Waals surface area contributed by atoms with E-state index in [1.807, 2.05) is 25.7 Å². The molecule has 17 heavy (non-hydrogen) atoms. The number of nitrogens with zero attached hydrogens (tertiary/aromatic N) is 1. The molecule has 2 aliphatic heterocycles. The van der Waals surface area contributed by atoms with E-state index in [9.17, 15) is 4.79 Å². The average Bonchev–Trinajstić information content (AvgIpc) is 2.72. The fraction of sp³-hybridized carbons (Fsp3) is 0.917. The van der Waals surface area contributed by atoms with E-state index >= 15 is 0 Å². The van der Waals surface area contributed by atoms with Crippen molar-refractivity contribution in [1.29, 1.82) is 0 Å². The van der Waals surface area contributed by atoms with Crippen LogP contribution in [0.4, 0.5) is 4.79 Å². The molecule has 2 saturated heterocycles. The van der Waals surface area contributed by atoms with Gasteiger partial charge in [0, 0.05) is 25.7 Å². The number of amides is 1. The summed E-state index contributed by atoms with van der Waals surface area (Å²) >= 11 is 0. The van der Waals surface area contributed by atoms with Crippen molar-refractivity contribution >= 4 is 6.09 Å². The number of fused-ring (bicyclic) bond motifs is 1. The standard InChI is InChI=1S/C12H23N3O2/c1-12(2,3)17-11(16)15-7-8-6-9(15)10(8)14-5-4-13/h8-10,14H,4-7,13H2,1-3H3. The van der Waals surface area contributed by atoms with Gasteiger partial charge in [-0.05, 0) is 33.1 Å². The molecule has 1 aliphatic carbocycles. The zero-order chi connectivity index (χ0) is 12.6. The lowest BCUT2D eigenvalue weighted by molar-refractivity contribution is 0.0224. The summed E-state index contributed by atoms with van der Waals surface area (Å²) in [5, 5.41) is 3.40. The summed E-state index contributed by atoms with van der Waals surface area (Å²) in [4.78, 5) is 13.8. The third-order valence-electron chi connectivity index (χ3n) is 3.45. The molecule has 3 atom stereocenters. The van der Waals surface area contributed by atoms with Crippen molar-refractivity contribution in [3.8, 4) is 0 Å². The smallest absolute Gasteiger partial charge is 0.410 e. The summed E-state index contributed by atoms with van der Waals surface area (Å²) in [6.07, 6.45) is 0.920. The zero-order valence-corrected chi connectivity index (χ0v) is 10.9. The summed E-state index contributed by atoms with van der Waals surface area (Å²) in [5.74, 6) is 0.582. The normalized spacial score (nSPS) is 31.3. The monoisotopic (exact) mass is 241 g/mol. The van der Waals surface area contributed by atoms with Gasteiger partial charge in [0.05, 0.1) is 6.04 Å². The summed E-state index contributed by atoms with van der Waals surface area (Å²) < 4.78 is 5.41. The second-order valence-electron chi connectivity index (χ2n) is 5.96. The summed E-state index contributed by atoms with van der Waals surface area (Å²) in [7, 11) is 0. The molecule has 0 spiro atoms. The maximum absolute atomic E-state index is 12.0. The van der Waals surface area contributed by atoms with Crippen molar-refractivity contribution in [1.82, 2.24) is 10.2 Å². The van der Waals surface area contributed by atoms with Crippen LogP contribution in [0.3, 0.4) is 0 Å². The third-order valence-corrected chi connectivity index (χ3v) is 3.45. The number of hydrogen-bond acceptors (Lipinski definition) is 4. The van der Waals surface area contributed by atoms with Crippen LogP contribution in [0.1, 0.15) is 27.2 Å². The van der Waals surface area contributed by atoms with E-state index < -0.39 is 5.60 Å². The molecule has 3 N–H and O–H groups in total. The van der Waals surface area contributed by atoms with Crippen molar-refractivity contribution < 1.29 is 9.53 Å². The van der Waals surface area contributed by atoms with Crippen molar-refractivity contribution in [3.63, 3.8) is 0 Å². The van der Waals surface area contributed by atoms with Gasteiger partial charge in [0.2, 0.25) is 0 Å². The van der Waals surface area contributed by atoms with Gasteiger partial charge >= 0.3 is 6.09 Å². The van der Waals surface area contributed by atoms with E-state index in [-0.39, 0.29) is 6.09 Å². The van der Waals surface area contributed by atoms with Crippen LogP contribution in [0.25, 0.3) is 0 Å². The molecular weight excluding hydrogens is 218 g/mol. The van der Waals surface area contributed by atoms with Gasteiger partial charge in [-0.25, -0.2) is 4.79 Å². The maximum atomic E-state index is 12.0. The second kappa shape index (κ2) is 4.46. The molecule has 5 nitrogen and oxygen atoms in total. The lowest BCUT2D eigenvalue weighted by Crippen LogP contribution is -2.54. The molecule has 1 saturated carbocycles. The van der Waals surface area contributed by atoms with Crippen LogP contribution in [0.15, 0.2) is 0 Å². The molecular formula is C12H23N3O2. The van der Waals surface area contributed by atoms with Gasteiger partial charge in [-0.3, -0.25) is 0 Å². The van der Waals surface area contributed by atoms with Crippen LogP contribution in [0.5, 0.6) is 0 Å². The molecule has 98 valence electrons. The summed E-state index contributed by atoms with van der Waals surface area (Å²) in [6, 6.07) is 0.729. The number of hydrogen-bond donors (Lipinski definition) is 2. The first-order valence-corrected chi connectivity index (χ1v) is 6.35. The van der Waals surface area contributed by atoms with Gasteiger partial charge in [-0.15, -0.1) is 0 Å². The topological polar surface area (TPSA) is 67.6 Å². The SMILES string of the molecule is CC(C)(C)OC(=O)N1CC2CC1C2NCCN. The number of nitrogens with one attached hydrogen (secondary N) is 1. The Morgan fingerprint density at radius 3 is 2.82 bits per heavy atom. The second-order valence-corrected chi connectivity index (χ2v) is 5.96. The molecule has 3 fully saturated rings. The Morgan fingerprint density at radius 1 is 1.53 bits per heavy atom. The van der Waals surface area contributed by atoms with Crippen molar-refractivity contribution in [2.24, 2.45) is 11.7 Å². The Kier molecular flexibility index (Phi) is 3.32. The molecule has 1 amide bonds. The molecule has 0 aromatic carbocycles. The molecule has 0 aromatic rings. The minimum absolute atomic E-state index is 0.179. The molecule has 2 bridgehead atoms. The van der Waals surface area contributed by atoms with E-state index in [0.717, 1.165) is 19.5 Å². The Balaban J connectivity index is 1.87. The summed E-state index contributed by atoms with van der Waals surface area (Å²) in [5.41, 5.74) is 5.06. The van der Waals surface area contributed by atoms with Gasteiger partial charge in [0.1, 0.15) is 5.60 Å². The number of carbonyl (C=O) groups excluding carboxylic acids is 1. The summed E-state index contributed by atoms with van der Waals surface area (Å²) in [6.45, 7) is 7.98. The average molecular weight is 241 g/mol. The van der Waals surface area contributed by atoms with Crippen molar-refractivity contribution in [3.05, 3.63) is 0 Å². The van der Waals surface area contributed by atoms with Crippen LogP contribution < -0.4 is 11.1 Å². The van der Waals surface area contributed by atoms with E-state index in [1.54, 1.807) is 0 Å². The number of ether oxygens (including phenoxy) is 1. The van der Waals surface area contributed by atoms with Gasteiger partial charge in [0.25, 0.3) is 0 Å². The number of carbonyl (C=O) groups is 1. The Labute approximate surface area is 103 Å². The first kappa shape index (κ1) is 12.6. The predicted molar refractivity (Wildman–Crippen MR) is 65.7 cm³/mol. The number of rotatable bonds is 3. The Morgan fingerprint density at radius 2 is 2.24 bits per heavy atom.